The maximum Gasteiger partial charge on any atom is 0.303 e. The molecular formula is C22H31IO5S. The van der Waals surface area contributed by atoms with Gasteiger partial charge in [0.1, 0.15) is 0 Å². The Morgan fingerprint density at radius 1 is 1.34 bits per heavy atom. The minimum atomic E-state index is -0.791. The quantitative estimate of drug-likeness (QED) is 0.195. The molecular weight excluding hydrogens is 503 g/mol. The number of carboxylic acids is 1. The van der Waals surface area contributed by atoms with Crippen LogP contribution in [0.5, 0.6) is 0 Å². The molecule has 0 saturated heterocycles. The normalized spacial score (nSPS) is 26.0. The lowest BCUT2D eigenvalue weighted by molar-refractivity contribution is -0.137. The highest BCUT2D eigenvalue weighted by atomic mass is 127. The van der Waals surface area contributed by atoms with E-state index in [1.54, 1.807) is 17.4 Å². The van der Waals surface area contributed by atoms with Crippen molar-refractivity contribution < 1.29 is 25.2 Å². The number of allylic oxidation sites excluding steroid dienone is 2. The third-order valence-corrected chi connectivity index (χ3v) is 7.52. The van der Waals surface area contributed by atoms with Crippen LogP contribution in [0.3, 0.4) is 0 Å². The van der Waals surface area contributed by atoms with Crippen LogP contribution in [-0.4, -0.2) is 44.7 Å². The molecule has 7 heteroatoms. The van der Waals surface area contributed by atoms with Gasteiger partial charge in [-0.3, -0.25) is 4.79 Å². The Morgan fingerprint density at radius 3 is 2.76 bits per heavy atom. The van der Waals surface area contributed by atoms with Crippen LogP contribution in [-0.2, 0) is 11.2 Å². The van der Waals surface area contributed by atoms with Crippen LogP contribution in [0.25, 0.3) is 0 Å². The maximum atomic E-state index is 10.5. The van der Waals surface area contributed by atoms with Crippen LogP contribution in [0.15, 0.2) is 30.4 Å². The van der Waals surface area contributed by atoms with Crippen LogP contribution in [0, 0.1) is 21.6 Å². The Morgan fingerprint density at radius 2 is 2.10 bits per heavy atom. The Balaban J connectivity index is 1.84. The smallest absolute Gasteiger partial charge is 0.303 e. The predicted octanol–water partition coefficient (Wildman–Crippen LogP) is 4.07. The van der Waals surface area contributed by atoms with Crippen molar-refractivity contribution in [3.63, 3.8) is 0 Å². The lowest BCUT2D eigenvalue weighted by Gasteiger charge is -2.19. The van der Waals surface area contributed by atoms with Gasteiger partial charge in [-0.1, -0.05) is 24.3 Å². The van der Waals surface area contributed by atoms with E-state index in [1.807, 2.05) is 18.2 Å². The number of aryl methyl sites for hydroxylation is 2. The molecule has 1 fully saturated rings. The molecule has 2 rings (SSSR count). The minimum absolute atomic E-state index is 0.0923. The molecule has 3 unspecified atom stereocenters. The third-order valence-electron chi connectivity index (χ3n) is 5.47. The van der Waals surface area contributed by atoms with Gasteiger partial charge >= 0.3 is 5.97 Å². The summed E-state index contributed by atoms with van der Waals surface area (Å²) < 4.78 is 1.25. The Labute approximate surface area is 190 Å². The number of aliphatic hydroxyl groups is 3. The van der Waals surface area contributed by atoms with Gasteiger partial charge in [0.25, 0.3) is 0 Å². The van der Waals surface area contributed by atoms with Crippen LogP contribution in [0.1, 0.15) is 49.0 Å². The first-order valence-electron chi connectivity index (χ1n) is 10.1. The molecule has 1 aromatic heterocycles. The molecule has 5 nitrogen and oxygen atoms in total. The number of hydrogen-bond acceptors (Lipinski definition) is 5. The minimum Gasteiger partial charge on any atom is -0.481 e. The van der Waals surface area contributed by atoms with E-state index >= 15 is 0 Å². The molecule has 1 aliphatic rings. The van der Waals surface area contributed by atoms with E-state index in [-0.39, 0.29) is 18.3 Å². The van der Waals surface area contributed by atoms with Crippen molar-refractivity contribution in [1.29, 1.82) is 0 Å². The Kier molecular flexibility index (Phi) is 10.3. The van der Waals surface area contributed by atoms with Gasteiger partial charge < -0.3 is 20.4 Å². The first kappa shape index (κ1) is 24.5. The lowest BCUT2D eigenvalue weighted by Crippen LogP contribution is -2.20. The Bertz CT molecular complexity index is 714. The van der Waals surface area contributed by atoms with Crippen LogP contribution < -0.4 is 0 Å². The van der Waals surface area contributed by atoms with Crippen molar-refractivity contribution >= 4 is 39.9 Å². The fourth-order valence-electron chi connectivity index (χ4n) is 3.81. The van der Waals surface area contributed by atoms with Crippen molar-refractivity contribution in [2.75, 3.05) is 0 Å². The van der Waals surface area contributed by atoms with Crippen molar-refractivity contribution in [1.82, 2.24) is 0 Å². The number of unbranched alkanes of at least 4 members (excludes halogenated alkanes) is 1. The highest BCUT2D eigenvalue weighted by molar-refractivity contribution is 14.1. The average molecular weight is 534 g/mol. The van der Waals surface area contributed by atoms with Gasteiger partial charge in [0.2, 0.25) is 0 Å². The van der Waals surface area contributed by atoms with Crippen LogP contribution >= 0.6 is 33.9 Å². The topological polar surface area (TPSA) is 98.0 Å². The second-order valence-corrected chi connectivity index (χ2v) is 10.8. The first-order valence-corrected chi connectivity index (χ1v) is 12.0. The number of carboxylic acid groups (broad SMARTS) is 1. The van der Waals surface area contributed by atoms with Crippen molar-refractivity contribution in [3.05, 3.63) is 43.7 Å². The predicted molar refractivity (Wildman–Crippen MR) is 124 cm³/mol. The van der Waals surface area contributed by atoms with Crippen molar-refractivity contribution in [2.45, 2.75) is 70.2 Å². The van der Waals surface area contributed by atoms with E-state index in [0.717, 1.165) is 6.42 Å². The molecule has 0 bridgehead atoms. The van der Waals surface area contributed by atoms with Gasteiger partial charge in [0, 0.05) is 23.6 Å². The van der Waals surface area contributed by atoms with E-state index in [4.69, 9.17) is 5.11 Å². The van der Waals surface area contributed by atoms with E-state index in [2.05, 4.69) is 35.6 Å². The summed E-state index contributed by atoms with van der Waals surface area (Å²) in [5, 5.41) is 39.6. The van der Waals surface area contributed by atoms with E-state index < -0.39 is 24.3 Å². The molecule has 1 aromatic rings. The molecule has 0 aliphatic heterocycles. The summed E-state index contributed by atoms with van der Waals surface area (Å²) in [5.41, 5.74) is 1.26. The van der Waals surface area contributed by atoms with Gasteiger partial charge in [-0.2, -0.15) is 0 Å². The Hall–Kier alpha value is -0.740. The number of hydrogen-bond donors (Lipinski definition) is 4. The SMILES string of the molecule is Cc1cc(I)sc1CCC(O)C=C[C@H]1C(O)CC(O)[C@@H]1CC=CCCCC(=O)O. The highest BCUT2D eigenvalue weighted by Gasteiger charge is 2.39. The zero-order chi connectivity index (χ0) is 21.4. The summed E-state index contributed by atoms with van der Waals surface area (Å²) in [7, 11) is 0. The second-order valence-electron chi connectivity index (χ2n) is 7.75. The van der Waals surface area contributed by atoms with E-state index in [1.165, 1.54) is 13.3 Å². The second kappa shape index (κ2) is 12.2. The fraction of sp³-hybridized carbons (Fsp3) is 0.591. The monoisotopic (exact) mass is 534 g/mol. The zero-order valence-corrected chi connectivity index (χ0v) is 19.7. The van der Waals surface area contributed by atoms with Gasteiger partial charge in [-0.25, -0.2) is 0 Å². The number of aliphatic carboxylic acids is 1. The summed E-state index contributed by atoms with van der Waals surface area (Å²) in [6.45, 7) is 2.09. The molecule has 162 valence electrons. The highest BCUT2D eigenvalue weighted by Crippen LogP contribution is 2.36. The molecule has 4 N–H and O–H groups in total. The molecule has 1 saturated carbocycles. The van der Waals surface area contributed by atoms with Gasteiger partial charge in [0.15, 0.2) is 0 Å². The van der Waals surface area contributed by atoms with E-state index in [0.29, 0.717) is 32.1 Å². The average Bonchev–Trinajstić information content (AvgIpc) is 3.11. The van der Waals surface area contributed by atoms with Crippen molar-refractivity contribution in [2.24, 2.45) is 11.8 Å². The summed E-state index contributed by atoms with van der Waals surface area (Å²) in [5.74, 6) is -1.07. The molecule has 0 aromatic carbocycles. The molecule has 29 heavy (non-hydrogen) atoms. The number of halogens is 1. The number of rotatable bonds is 11. The molecule has 1 aliphatic carbocycles. The molecule has 1 heterocycles. The first-order chi connectivity index (χ1) is 13.8. The van der Waals surface area contributed by atoms with Crippen molar-refractivity contribution in [3.8, 4) is 0 Å². The van der Waals surface area contributed by atoms with Gasteiger partial charge in [0.05, 0.1) is 21.2 Å². The zero-order valence-electron chi connectivity index (χ0n) is 16.7. The molecule has 0 amide bonds. The lowest BCUT2D eigenvalue weighted by atomic mass is 9.89. The summed E-state index contributed by atoms with van der Waals surface area (Å²) in [4.78, 5) is 11.8. The van der Waals surface area contributed by atoms with Gasteiger partial charge in [-0.05, 0) is 79.2 Å². The van der Waals surface area contributed by atoms with E-state index in [9.17, 15) is 20.1 Å². The van der Waals surface area contributed by atoms with Crippen LogP contribution in [0.2, 0.25) is 0 Å². The van der Waals surface area contributed by atoms with Crippen LogP contribution in [0.4, 0.5) is 0 Å². The largest absolute Gasteiger partial charge is 0.481 e. The number of thiophene rings is 1. The number of carbonyl (C=O) groups is 1. The fourth-order valence-corrected chi connectivity index (χ4v) is 5.98. The summed E-state index contributed by atoms with van der Waals surface area (Å²) >= 11 is 4.07. The summed E-state index contributed by atoms with van der Waals surface area (Å²) in [6, 6.07) is 2.15. The molecule has 0 radical (unpaired) electrons. The summed E-state index contributed by atoms with van der Waals surface area (Å²) in [6.07, 6.45) is 9.63. The number of aliphatic hydroxyl groups excluding tert-OH is 3. The maximum absolute atomic E-state index is 10.5. The standard InChI is InChI=1S/C22H31IO5S/c1-14-12-21(23)29-20(14)11-9-15(24)8-10-17-16(18(25)13-19(17)26)6-4-2-3-5-7-22(27)28/h2,4,8,10,12,15-19,24-26H,3,5-7,9,11,13H2,1H3,(H,27,28)/t15?,16-,17-,18?,19?/m1/s1. The van der Waals surface area contributed by atoms with Gasteiger partial charge in [-0.15, -0.1) is 11.3 Å². The molecule has 5 atom stereocenters. The third kappa shape index (κ3) is 8.13. The molecule has 0 spiro atoms.